The van der Waals surface area contributed by atoms with Crippen LogP contribution in [0.5, 0.6) is 0 Å². The van der Waals surface area contributed by atoms with Crippen molar-refractivity contribution in [2.24, 2.45) is 11.7 Å². The van der Waals surface area contributed by atoms with Gasteiger partial charge < -0.3 is 10.3 Å². The second-order valence-electron chi connectivity index (χ2n) is 8.78. The van der Waals surface area contributed by atoms with Crippen molar-refractivity contribution in [3.05, 3.63) is 99.8 Å². The second-order valence-corrected chi connectivity index (χ2v) is 9.18. The van der Waals surface area contributed by atoms with Gasteiger partial charge in [-0.15, -0.1) is 0 Å². The number of primary amides is 1. The number of benzene rings is 3. The van der Waals surface area contributed by atoms with Crippen molar-refractivity contribution in [1.29, 1.82) is 0 Å². The van der Waals surface area contributed by atoms with Gasteiger partial charge in [0.1, 0.15) is 5.82 Å². The minimum atomic E-state index is -0.456. The Morgan fingerprint density at radius 2 is 1.75 bits per heavy atom. The van der Waals surface area contributed by atoms with Crippen molar-refractivity contribution in [3.63, 3.8) is 0 Å². The molecule has 0 saturated carbocycles. The highest BCUT2D eigenvalue weighted by molar-refractivity contribution is 6.31. The zero-order chi connectivity index (χ0) is 22.8. The number of amides is 1. The summed E-state index contributed by atoms with van der Waals surface area (Å²) in [6.45, 7) is 7.22. The molecule has 0 saturated heterocycles. The highest BCUT2D eigenvalue weighted by Gasteiger charge is 2.20. The number of hydrogen-bond donors (Lipinski definition) is 1. The summed E-state index contributed by atoms with van der Waals surface area (Å²) in [5.41, 5.74) is 11.2. The lowest BCUT2D eigenvalue weighted by atomic mass is 9.96. The van der Waals surface area contributed by atoms with Gasteiger partial charge in [-0.3, -0.25) is 4.79 Å². The maximum Gasteiger partial charge on any atom is 0.248 e. The molecular weight excluding hydrogens is 418 g/mol. The quantitative estimate of drug-likeness (QED) is 0.368. The predicted molar refractivity (Wildman–Crippen MR) is 131 cm³/mol. The Bertz CT molecular complexity index is 1260. The Morgan fingerprint density at radius 1 is 1.03 bits per heavy atom. The molecule has 0 spiro atoms. The number of rotatable bonds is 7. The molecule has 1 atom stereocenters. The molecule has 1 aromatic heterocycles. The van der Waals surface area contributed by atoms with Gasteiger partial charge in [0.15, 0.2) is 0 Å². The molecule has 0 aliphatic rings. The van der Waals surface area contributed by atoms with Crippen LogP contribution in [0.15, 0.2) is 66.7 Å². The van der Waals surface area contributed by atoms with Gasteiger partial charge in [0.25, 0.3) is 0 Å². The third kappa shape index (κ3) is 4.56. The molecule has 4 aromatic rings. The highest BCUT2D eigenvalue weighted by atomic mass is 35.5. The Labute approximate surface area is 194 Å². The van der Waals surface area contributed by atoms with E-state index in [0.717, 1.165) is 33.9 Å². The van der Waals surface area contributed by atoms with Gasteiger partial charge in [-0.2, -0.15) is 0 Å². The first-order valence-electron chi connectivity index (χ1n) is 11.0. The maximum atomic E-state index is 11.7. The number of fused-ring (bicyclic) bond motifs is 1. The van der Waals surface area contributed by atoms with Crippen LogP contribution in [0.25, 0.3) is 11.0 Å². The molecule has 4 rings (SSSR count). The van der Waals surface area contributed by atoms with Gasteiger partial charge in [0, 0.05) is 16.5 Å². The fraction of sp³-hybridized carbons (Fsp3) is 0.259. The van der Waals surface area contributed by atoms with Crippen molar-refractivity contribution in [1.82, 2.24) is 9.55 Å². The summed E-state index contributed by atoms with van der Waals surface area (Å²) in [5, 5.41) is 0.722. The van der Waals surface area contributed by atoms with E-state index < -0.39 is 5.91 Å². The summed E-state index contributed by atoms with van der Waals surface area (Å²) in [5.74, 6) is 1.16. The Balaban J connectivity index is 1.79. The van der Waals surface area contributed by atoms with E-state index in [1.165, 1.54) is 11.1 Å². The first-order chi connectivity index (χ1) is 15.3. The van der Waals surface area contributed by atoms with Crippen LogP contribution in [-0.2, 0) is 13.0 Å². The van der Waals surface area contributed by atoms with E-state index in [9.17, 15) is 4.79 Å². The minimum absolute atomic E-state index is 0.0648. The van der Waals surface area contributed by atoms with Gasteiger partial charge in [0.05, 0.1) is 17.6 Å². The van der Waals surface area contributed by atoms with Gasteiger partial charge in [-0.1, -0.05) is 74.8 Å². The van der Waals surface area contributed by atoms with E-state index in [1.54, 1.807) is 12.1 Å². The van der Waals surface area contributed by atoms with Crippen LogP contribution in [0.4, 0.5) is 0 Å². The molecule has 2 N–H and O–H groups in total. The molecule has 0 aliphatic heterocycles. The number of carbonyl (C=O) groups is 1. The molecule has 0 radical (unpaired) electrons. The molecule has 164 valence electrons. The molecule has 1 unspecified atom stereocenters. The van der Waals surface area contributed by atoms with E-state index >= 15 is 0 Å². The summed E-state index contributed by atoms with van der Waals surface area (Å²) in [6, 6.07) is 22.1. The summed E-state index contributed by atoms with van der Waals surface area (Å²) >= 11 is 6.47. The minimum Gasteiger partial charge on any atom is -0.366 e. The molecule has 1 amide bonds. The van der Waals surface area contributed by atoms with Crippen molar-refractivity contribution in [2.45, 2.75) is 39.7 Å². The molecule has 4 nitrogen and oxygen atoms in total. The normalized spacial score (nSPS) is 12.4. The van der Waals surface area contributed by atoms with Crippen LogP contribution in [0, 0.1) is 5.92 Å². The van der Waals surface area contributed by atoms with Gasteiger partial charge >= 0.3 is 0 Å². The zero-order valence-electron chi connectivity index (χ0n) is 18.7. The van der Waals surface area contributed by atoms with Crippen LogP contribution in [0.1, 0.15) is 59.6 Å². The first-order valence-corrected chi connectivity index (χ1v) is 11.3. The average Bonchev–Trinajstić information content (AvgIpc) is 3.12. The van der Waals surface area contributed by atoms with Crippen molar-refractivity contribution in [3.8, 4) is 0 Å². The van der Waals surface area contributed by atoms with Crippen LogP contribution in [0.3, 0.4) is 0 Å². The summed E-state index contributed by atoms with van der Waals surface area (Å²) in [7, 11) is 0. The number of hydrogen-bond acceptors (Lipinski definition) is 2. The molecule has 0 bridgehead atoms. The van der Waals surface area contributed by atoms with E-state index in [2.05, 4.69) is 49.6 Å². The smallest absolute Gasteiger partial charge is 0.248 e. The van der Waals surface area contributed by atoms with Crippen molar-refractivity contribution < 1.29 is 4.79 Å². The highest BCUT2D eigenvalue weighted by Crippen LogP contribution is 2.30. The average molecular weight is 446 g/mol. The van der Waals surface area contributed by atoms with Gasteiger partial charge in [0.2, 0.25) is 5.91 Å². The first kappa shape index (κ1) is 22.1. The number of aromatic nitrogens is 2. The topological polar surface area (TPSA) is 60.9 Å². The van der Waals surface area contributed by atoms with E-state index in [0.29, 0.717) is 18.0 Å². The van der Waals surface area contributed by atoms with Crippen LogP contribution in [-0.4, -0.2) is 15.5 Å². The number of halogens is 1. The predicted octanol–water partition coefficient (Wildman–Crippen LogP) is 6.19. The standard InChI is InChI=1S/C27H28ClN3O/c1-17(2)14-19-8-10-20(11-9-19)18(3)27-30-24-15-21(26(29)32)12-13-25(24)31(27)16-22-6-4-5-7-23(22)28/h4-13,15,17-18H,14,16H2,1-3H3,(H2,29,32). The number of carbonyl (C=O) groups excluding carboxylic acids is 1. The Hall–Kier alpha value is -3.11. The third-order valence-electron chi connectivity index (χ3n) is 5.86. The lowest BCUT2D eigenvalue weighted by Crippen LogP contribution is -2.11. The summed E-state index contributed by atoms with van der Waals surface area (Å²) < 4.78 is 2.19. The van der Waals surface area contributed by atoms with Crippen LogP contribution < -0.4 is 5.73 Å². The lowest BCUT2D eigenvalue weighted by molar-refractivity contribution is 0.100. The third-order valence-corrected chi connectivity index (χ3v) is 6.23. The number of nitrogens with zero attached hydrogens (tertiary/aromatic N) is 2. The fourth-order valence-electron chi connectivity index (χ4n) is 4.16. The van der Waals surface area contributed by atoms with E-state index in [4.69, 9.17) is 22.3 Å². The fourth-order valence-corrected chi connectivity index (χ4v) is 4.35. The molecule has 5 heteroatoms. The molecule has 1 heterocycles. The van der Waals surface area contributed by atoms with Crippen molar-refractivity contribution in [2.75, 3.05) is 0 Å². The van der Waals surface area contributed by atoms with Gasteiger partial charge in [-0.25, -0.2) is 4.98 Å². The lowest BCUT2D eigenvalue weighted by Gasteiger charge is -2.17. The van der Waals surface area contributed by atoms with Crippen molar-refractivity contribution >= 4 is 28.5 Å². The van der Waals surface area contributed by atoms with Crippen LogP contribution >= 0.6 is 11.6 Å². The van der Waals surface area contributed by atoms with Gasteiger partial charge in [-0.05, 0) is 53.3 Å². The zero-order valence-corrected chi connectivity index (χ0v) is 19.4. The summed E-state index contributed by atoms with van der Waals surface area (Å²) in [4.78, 5) is 16.6. The second kappa shape index (κ2) is 9.17. The monoisotopic (exact) mass is 445 g/mol. The maximum absolute atomic E-state index is 11.7. The Kier molecular flexibility index (Phi) is 6.33. The summed E-state index contributed by atoms with van der Waals surface area (Å²) in [6.07, 6.45) is 1.07. The molecule has 3 aromatic carbocycles. The molecule has 0 aliphatic carbocycles. The van der Waals surface area contributed by atoms with E-state index in [-0.39, 0.29) is 5.92 Å². The number of imidazole rings is 1. The number of nitrogens with two attached hydrogens (primary N) is 1. The molecule has 0 fully saturated rings. The largest absolute Gasteiger partial charge is 0.366 e. The molecular formula is C27H28ClN3O. The molecule has 32 heavy (non-hydrogen) atoms. The van der Waals surface area contributed by atoms with E-state index in [1.807, 2.05) is 30.3 Å². The Morgan fingerprint density at radius 3 is 2.41 bits per heavy atom. The van der Waals surface area contributed by atoms with Crippen LogP contribution in [0.2, 0.25) is 5.02 Å². The SMILES string of the molecule is CC(C)Cc1ccc(C(C)c2nc3cc(C(N)=O)ccc3n2Cc2ccccc2Cl)cc1.